The van der Waals surface area contributed by atoms with E-state index in [0.717, 1.165) is 0 Å². The Morgan fingerprint density at radius 2 is 0.821 bits per heavy atom. The van der Waals surface area contributed by atoms with Crippen LogP contribution in [0.3, 0.4) is 0 Å². The molecule has 0 heterocycles. The van der Waals surface area contributed by atoms with Gasteiger partial charge in [0.05, 0.1) is 22.7 Å². The Morgan fingerprint density at radius 1 is 0.554 bits per heavy atom. The SMILES string of the molecule is C[P+](c1ccccc1)(c1ccccc1)c1ccccc1.O=C(OC(F)(F)C(O)(F)C(F)(F)F)c1cc(C(=O)OC(F)(F)C(O)(F)C(F)(F)F)cc(S(=O)(=O)[O-])c1. The zero-order chi connectivity index (χ0) is 42.8. The van der Waals surface area contributed by atoms with Gasteiger partial charge in [0.2, 0.25) is 0 Å². The number of carbonyl (C=O) groups is 2. The van der Waals surface area contributed by atoms with E-state index >= 15 is 0 Å². The van der Waals surface area contributed by atoms with Crippen LogP contribution in [-0.4, -0.2) is 78.1 Å². The molecule has 0 bridgehead atoms. The van der Waals surface area contributed by atoms with E-state index in [2.05, 4.69) is 107 Å². The molecule has 0 saturated heterocycles. The number of aliphatic hydroxyl groups is 2. The Balaban J connectivity index is 0.000000350. The van der Waals surface area contributed by atoms with Gasteiger partial charge in [-0.3, -0.25) is 0 Å². The fourth-order valence-electron chi connectivity index (χ4n) is 4.42. The first kappa shape index (κ1) is 45.6. The van der Waals surface area contributed by atoms with Gasteiger partial charge in [-0.2, -0.15) is 52.7 Å². The average molecular weight is 855 g/mol. The normalized spacial score (nSPS) is 15.0. The number of rotatable bonds is 10. The Bertz CT molecular complexity index is 1950. The molecule has 0 fully saturated rings. The summed E-state index contributed by atoms with van der Waals surface area (Å²) in [6.07, 6.45) is -26.7. The van der Waals surface area contributed by atoms with Gasteiger partial charge in [0.1, 0.15) is 33.3 Å². The summed E-state index contributed by atoms with van der Waals surface area (Å²) < 4.78 is 192. The Labute approximate surface area is 308 Å². The van der Waals surface area contributed by atoms with Gasteiger partial charge in [-0.15, -0.1) is 0 Å². The van der Waals surface area contributed by atoms with E-state index < -0.39 is 87.7 Å². The Kier molecular flexibility index (Phi) is 13.0. The zero-order valence-electron chi connectivity index (χ0n) is 27.5. The van der Waals surface area contributed by atoms with Gasteiger partial charge < -0.3 is 24.2 Å². The van der Waals surface area contributed by atoms with E-state index in [1.54, 1.807) is 0 Å². The number of hydrogen-bond donors (Lipinski definition) is 2. The lowest BCUT2D eigenvalue weighted by molar-refractivity contribution is -0.435. The number of alkyl halides is 12. The van der Waals surface area contributed by atoms with E-state index in [4.69, 9.17) is 10.2 Å². The van der Waals surface area contributed by atoms with Crippen LogP contribution in [0.5, 0.6) is 0 Å². The van der Waals surface area contributed by atoms with Crippen molar-refractivity contribution in [2.24, 2.45) is 0 Å². The van der Waals surface area contributed by atoms with Crippen molar-refractivity contribution in [2.75, 3.05) is 6.66 Å². The first-order chi connectivity index (χ1) is 25.4. The molecule has 2 atom stereocenters. The van der Waals surface area contributed by atoms with Gasteiger partial charge in [-0.05, 0) is 54.6 Å². The highest BCUT2D eigenvalue weighted by atomic mass is 32.2. The third-order valence-electron chi connectivity index (χ3n) is 7.45. The fraction of sp³-hybridized carbons (Fsp3) is 0.212. The molecule has 4 aromatic rings. The van der Waals surface area contributed by atoms with Crippen LogP contribution in [0.4, 0.5) is 52.7 Å². The van der Waals surface area contributed by atoms with E-state index in [-0.39, 0.29) is 12.1 Å². The van der Waals surface area contributed by atoms with Crippen molar-refractivity contribution in [1.29, 1.82) is 0 Å². The molecule has 4 rings (SSSR count). The molecule has 0 saturated carbocycles. The molecule has 2 unspecified atom stereocenters. The molecule has 2 N–H and O–H groups in total. The molecular formula is C33H23F12O9PS. The summed E-state index contributed by atoms with van der Waals surface area (Å²) in [6, 6.07) is 31.5. The predicted molar refractivity (Wildman–Crippen MR) is 170 cm³/mol. The summed E-state index contributed by atoms with van der Waals surface area (Å²) >= 11 is 0. The van der Waals surface area contributed by atoms with Crippen molar-refractivity contribution in [3.05, 3.63) is 120 Å². The highest BCUT2D eigenvalue weighted by Crippen LogP contribution is 2.51. The van der Waals surface area contributed by atoms with Gasteiger partial charge in [0, 0.05) is 0 Å². The lowest BCUT2D eigenvalue weighted by Gasteiger charge is -2.29. The molecule has 0 spiro atoms. The third kappa shape index (κ3) is 9.60. The monoisotopic (exact) mass is 854 g/mol. The molecule has 9 nitrogen and oxygen atoms in total. The van der Waals surface area contributed by atoms with Crippen LogP contribution in [-0.2, 0) is 19.6 Å². The lowest BCUT2D eigenvalue weighted by Crippen LogP contribution is -2.57. The summed E-state index contributed by atoms with van der Waals surface area (Å²) in [5, 5.41) is 20.9. The maximum absolute atomic E-state index is 13.4. The smallest absolute Gasteiger partial charge is 0.471 e. The van der Waals surface area contributed by atoms with Crippen molar-refractivity contribution in [3.8, 4) is 0 Å². The number of halogens is 12. The Hall–Kier alpha value is -4.76. The van der Waals surface area contributed by atoms with Crippen LogP contribution >= 0.6 is 7.26 Å². The number of hydrogen-bond acceptors (Lipinski definition) is 9. The molecule has 304 valence electrons. The average Bonchev–Trinajstić information content (AvgIpc) is 3.10. The molecule has 0 amide bonds. The van der Waals surface area contributed by atoms with Crippen molar-refractivity contribution in [1.82, 2.24) is 0 Å². The van der Waals surface area contributed by atoms with E-state index in [0.29, 0.717) is 0 Å². The largest absolute Gasteiger partial charge is 0.744 e. The van der Waals surface area contributed by atoms with Gasteiger partial charge in [-0.1, -0.05) is 54.6 Å². The summed E-state index contributed by atoms with van der Waals surface area (Å²) in [6.45, 7) is 2.41. The lowest BCUT2D eigenvalue weighted by atomic mass is 10.1. The summed E-state index contributed by atoms with van der Waals surface area (Å²) in [5.74, 6) is -19.1. The molecule has 23 heteroatoms. The van der Waals surface area contributed by atoms with Crippen LogP contribution in [0.25, 0.3) is 0 Å². The van der Waals surface area contributed by atoms with Crippen LogP contribution in [0.2, 0.25) is 0 Å². The minimum Gasteiger partial charge on any atom is -0.744 e. The minimum atomic E-state index is -6.83. The molecule has 56 heavy (non-hydrogen) atoms. The van der Waals surface area contributed by atoms with Crippen molar-refractivity contribution >= 4 is 45.2 Å². The quantitative estimate of drug-likeness (QED) is 0.0831. The molecule has 0 aromatic heterocycles. The standard InChI is InChI=1S/C19H18P.C14H6F12O9S/c1-20(17-11-5-2-6-12-17,18-13-7-3-8-14-18)19-15-9-4-10-16-19;15-9(29,11(17,18)19)13(23,24)34-7(27)4-1-5(3-6(2-4)36(31,32)33)8(28)35-14(25,26)10(16,30)12(20,21)22/h2-16H,1H3;1-3,29-30H,(H,31,32,33)/q+1;/p-1. The van der Waals surface area contributed by atoms with Crippen LogP contribution in [0.15, 0.2) is 114 Å². The molecule has 0 radical (unpaired) electrons. The Morgan fingerprint density at radius 3 is 1.05 bits per heavy atom. The molecular weight excluding hydrogens is 831 g/mol. The highest BCUT2D eigenvalue weighted by molar-refractivity contribution is 7.95. The number of carbonyl (C=O) groups excluding carboxylic acids is 2. The second-order valence-corrected chi connectivity index (χ2v) is 16.2. The van der Waals surface area contributed by atoms with Gasteiger partial charge in [-0.25, -0.2) is 18.0 Å². The summed E-state index contributed by atoms with van der Waals surface area (Å²) in [5.41, 5.74) is -3.93. The molecule has 4 aromatic carbocycles. The van der Waals surface area contributed by atoms with Gasteiger partial charge in [0.15, 0.2) is 0 Å². The number of ether oxygens (including phenoxy) is 2. The van der Waals surface area contributed by atoms with Crippen LogP contribution < -0.4 is 15.9 Å². The predicted octanol–water partition coefficient (Wildman–Crippen LogP) is 6.14. The first-order valence-corrected chi connectivity index (χ1v) is 18.4. The fourth-order valence-corrected chi connectivity index (χ4v) is 8.16. The van der Waals surface area contributed by atoms with E-state index in [1.165, 1.54) is 15.9 Å². The van der Waals surface area contributed by atoms with Gasteiger partial charge >= 0.3 is 48.2 Å². The van der Waals surface area contributed by atoms with Crippen LogP contribution in [0.1, 0.15) is 20.7 Å². The number of benzene rings is 4. The van der Waals surface area contributed by atoms with Gasteiger partial charge in [0.25, 0.3) is 0 Å². The first-order valence-electron chi connectivity index (χ1n) is 14.7. The maximum Gasteiger partial charge on any atom is 0.471 e. The molecule has 0 aliphatic heterocycles. The van der Waals surface area contributed by atoms with E-state index in [1.807, 2.05) is 0 Å². The second-order valence-electron chi connectivity index (χ2n) is 11.3. The highest BCUT2D eigenvalue weighted by Gasteiger charge is 2.75. The summed E-state index contributed by atoms with van der Waals surface area (Å²) in [4.78, 5) is 21.4. The van der Waals surface area contributed by atoms with Crippen molar-refractivity contribution in [3.63, 3.8) is 0 Å². The topological polar surface area (TPSA) is 150 Å². The zero-order valence-corrected chi connectivity index (χ0v) is 29.2. The number of esters is 2. The van der Waals surface area contributed by atoms with Crippen LogP contribution in [0, 0.1) is 0 Å². The second kappa shape index (κ2) is 16.0. The minimum absolute atomic E-state index is 0.373. The van der Waals surface area contributed by atoms with Crippen molar-refractivity contribution in [2.45, 2.75) is 41.2 Å². The maximum atomic E-state index is 13.4. The summed E-state index contributed by atoms with van der Waals surface area (Å²) in [7, 11) is -7.48. The molecule has 0 aliphatic carbocycles. The van der Waals surface area contributed by atoms with E-state index in [9.17, 15) is 75.2 Å². The molecule has 0 aliphatic rings. The van der Waals surface area contributed by atoms with Crippen molar-refractivity contribution < 1.29 is 94.9 Å². The third-order valence-corrected chi connectivity index (χ3v) is 12.3.